The summed E-state index contributed by atoms with van der Waals surface area (Å²) in [6.45, 7) is 7.67. The van der Waals surface area contributed by atoms with Crippen molar-refractivity contribution in [3.63, 3.8) is 0 Å². The monoisotopic (exact) mass is 342 g/mol. The molecule has 0 radical (unpaired) electrons. The normalized spacial score (nSPS) is 16.7. The van der Waals surface area contributed by atoms with Crippen molar-refractivity contribution in [2.75, 3.05) is 16.3 Å². The zero-order valence-electron chi connectivity index (χ0n) is 15.4. The maximum atomic E-state index is 6.14. The Morgan fingerprint density at radius 3 is 2.38 bits per heavy atom. The predicted molar refractivity (Wildman–Crippen MR) is 110 cm³/mol. The van der Waals surface area contributed by atoms with Crippen LogP contribution in [0.1, 0.15) is 19.4 Å². The average Bonchev–Trinajstić information content (AvgIpc) is 3.15. The Morgan fingerprint density at radius 2 is 1.58 bits per heavy atom. The summed E-state index contributed by atoms with van der Waals surface area (Å²) >= 11 is 0. The van der Waals surface area contributed by atoms with Gasteiger partial charge in [0, 0.05) is 29.1 Å². The minimum atomic E-state index is 0.276. The summed E-state index contributed by atoms with van der Waals surface area (Å²) in [7, 11) is 0. The highest BCUT2D eigenvalue weighted by atomic mass is 16.3. The third kappa shape index (κ3) is 2.00. The van der Waals surface area contributed by atoms with E-state index in [1.807, 2.05) is 12.1 Å². The van der Waals surface area contributed by atoms with Crippen LogP contribution in [0, 0.1) is 6.92 Å². The van der Waals surface area contributed by atoms with Crippen LogP contribution in [-0.2, 0) is 0 Å². The zero-order valence-corrected chi connectivity index (χ0v) is 15.4. The number of aryl methyl sites for hydroxylation is 1. The van der Waals surface area contributed by atoms with Crippen molar-refractivity contribution >= 4 is 39.0 Å². The minimum Gasteiger partial charge on any atom is -0.456 e. The second kappa shape index (κ2) is 5.53. The summed E-state index contributed by atoms with van der Waals surface area (Å²) in [5, 5.41) is 2.37. The molecule has 0 fully saturated rings. The van der Waals surface area contributed by atoms with Crippen molar-refractivity contribution in [2.45, 2.75) is 26.9 Å². The molecule has 0 aliphatic carbocycles. The molecule has 0 N–H and O–H groups in total. The van der Waals surface area contributed by atoms with E-state index < -0.39 is 0 Å². The fourth-order valence-corrected chi connectivity index (χ4v) is 4.35. The van der Waals surface area contributed by atoms with Crippen molar-refractivity contribution in [1.29, 1.82) is 0 Å². The van der Waals surface area contributed by atoms with E-state index in [0.29, 0.717) is 0 Å². The second-order valence-electron chi connectivity index (χ2n) is 7.01. The number of hydrogen-bond donors (Lipinski definition) is 0. The van der Waals surface area contributed by atoms with Gasteiger partial charge in [-0.2, -0.15) is 0 Å². The summed E-state index contributed by atoms with van der Waals surface area (Å²) in [6, 6.07) is 21.4. The first kappa shape index (κ1) is 15.3. The van der Waals surface area contributed by atoms with Gasteiger partial charge < -0.3 is 14.2 Å². The van der Waals surface area contributed by atoms with Crippen molar-refractivity contribution in [3.8, 4) is 0 Å². The lowest BCUT2D eigenvalue weighted by Crippen LogP contribution is -2.38. The lowest BCUT2D eigenvalue weighted by Gasteiger charge is -2.30. The van der Waals surface area contributed by atoms with Crippen molar-refractivity contribution in [1.82, 2.24) is 0 Å². The van der Waals surface area contributed by atoms with Crippen molar-refractivity contribution in [3.05, 3.63) is 66.2 Å². The van der Waals surface area contributed by atoms with E-state index in [1.165, 1.54) is 33.4 Å². The molecule has 5 rings (SSSR count). The number of rotatable bonds is 2. The van der Waals surface area contributed by atoms with Crippen LogP contribution in [0.3, 0.4) is 0 Å². The predicted octanol–water partition coefficient (Wildman–Crippen LogP) is 6.22. The number of nitrogens with zero attached hydrogens (tertiary/aromatic N) is 2. The van der Waals surface area contributed by atoms with Gasteiger partial charge in [-0.3, -0.25) is 0 Å². The van der Waals surface area contributed by atoms with Gasteiger partial charge >= 0.3 is 0 Å². The molecule has 2 heterocycles. The van der Waals surface area contributed by atoms with Gasteiger partial charge in [0.1, 0.15) is 17.3 Å². The van der Waals surface area contributed by atoms with E-state index in [4.69, 9.17) is 4.42 Å². The van der Waals surface area contributed by atoms with Gasteiger partial charge in [-0.25, -0.2) is 0 Å². The van der Waals surface area contributed by atoms with E-state index >= 15 is 0 Å². The van der Waals surface area contributed by atoms with Crippen LogP contribution in [0.4, 0.5) is 17.1 Å². The maximum absolute atomic E-state index is 6.14. The molecule has 3 nitrogen and oxygen atoms in total. The highest BCUT2D eigenvalue weighted by molar-refractivity contribution is 6.06. The summed E-state index contributed by atoms with van der Waals surface area (Å²) in [5.74, 6) is 0. The third-order valence-electron chi connectivity index (χ3n) is 5.57. The largest absolute Gasteiger partial charge is 0.456 e. The molecule has 1 aromatic heterocycles. The molecule has 0 saturated heterocycles. The van der Waals surface area contributed by atoms with Crippen molar-refractivity contribution < 1.29 is 4.42 Å². The molecule has 0 unspecified atom stereocenters. The number of fused-ring (bicyclic) bond motifs is 4. The number of anilines is 3. The first-order chi connectivity index (χ1) is 12.7. The fraction of sp³-hybridized carbons (Fsp3) is 0.217. The Morgan fingerprint density at radius 1 is 0.846 bits per heavy atom. The van der Waals surface area contributed by atoms with Crippen LogP contribution in [0.5, 0.6) is 0 Å². The highest BCUT2D eigenvalue weighted by Gasteiger charge is 2.33. The van der Waals surface area contributed by atoms with Gasteiger partial charge in [-0.15, -0.1) is 0 Å². The molecule has 1 atom stereocenters. The third-order valence-corrected chi connectivity index (χ3v) is 5.57. The summed E-state index contributed by atoms with van der Waals surface area (Å²) < 4.78 is 6.14. The van der Waals surface area contributed by atoms with E-state index in [1.54, 1.807) is 0 Å². The molecule has 130 valence electrons. The molecule has 26 heavy (non-hydrogen) atoms. The minimum absolute atomic E-state index is 0.276. The van der Waals surface area contributed by atoms with E-state index in [9.17, 15) is 0 Å². The van der Waals surface area contributed by atoms with Crippen LogP contribution >= 0.6 is 0 Å². The van der Waals surface area contributed by atoms with Crippen LogP contribution in [-0.4, -0.2) is 12.7 Å². The quantitative estimate of drug-likeness (QED) is 0.431. The standard InChI is InChI=1S/C23H22N2O/c1-4-24-16(3)25(20-11-7-6-10-19(20)24)21-14-23-18(13-15(21)2)17-9-5-8-12-22(17)26-23/h5-14,16H,4H2,1-3H3/t16-/m0/s1. The highest BCUT2D eigenvalue weighted by Crippen LogP contribution is 2.46. The Balaban J connectivity index is 1.74. The van der Waals surface area contributed by atoms with Gasteiger partial charge in [0.2, 0.25) is 0 Å². The zero-order chi connectivity index (χ0) is 17.8. The number of furan rings is 1. The lowest BCUT2D eigenvalue weighted by molar-refractivity contribution is 0.666. The topological polar surface area (TPSA) is 19.6 Å². The number of para-hydroxylation sites is 3. The van der Waals surface area contributed by atoms with Crippen LogP contribution in [0.15, 0.2) is 65.1 Å². The maximum Gasteiger partial charge on any atom is 0.137 e. The van der Waals surface area contributed by atoms with Crippen LogP contribution in [0.25, 0.3) is 21.9 Å². The molecule has 1 aliphatic rings. The molecule has 0 saturated carbocycles. The molecule has 0 bridgehead atoms. The smallest absolute Gasteiger partial charge is 0.137 e. The Hall–Kier alpha value is -2.94. The molecule has 0 spiro atoms. The van der Waals surface area contributed by atoms with Gasteiger partial charge in [-0.1, -0.05) is 30.3 Å². The van der Waals surface area contributed by atoms with Crippen molar-refractivity contribution in [2.24, 2.45) is 0 Å². The molecule has 3 heteroatoms. The molecular weight excluding hydrogens is 320 g/mol. The SMILES string of the molecule is CCN1c2ccccc2N(c2cc3oc4ccccc4c3cc2C)[C@H]1C. The van der Waals surface area contributed by atoms with E-state index in [-0.39, 0.29) is 6.17 Å². The Labute approximate surface area is 153 Å². The first-order valence-corrected chi connectivity index (χ1v) is 9.26. The van der Waals surface area contributed by atoms with E-state index in [0.717, 1.165) is 17.7 Å². The van der Waals surface area contributed by atoms with Crippen LogP contribution in [0.2, 0.25) is 0 Å². The van der Waals surface area contributed by atoms with Gasteiger partial charge in [0.25, 0.3) is 0 Å². The summed E-state index contributed by atoms with van der Waals surface area (Å²) in [6.07, 6.45) is 0.276. The Kier molecular flexibility index (Phi) is 3.26. The first-order valence-electron chi connectivity index (χ1n) is 9.26. The second-order valence-corrected chi connectivity index (χ2v) is 7.01. The van der Waals surface area contributed by atoms with Crippen LogP contribution < -0.4 is 9.80 Å². The average molecular weight is 342 g/mol. The van der Waals surface area contributed by atoms with Gasteiger partial charge in [-0.05, 0) is 50.6 Å². The lowest BCUT2D eigenvalue weighted by atomic mass is 10.1. The van der Waals surface area contributed by atoms with E-state index in [2.05, 4.69) is 79.1 Å². The number of hydrogen-bond acceptors (Lipinski definition) is 3. The summed E-state index contributed by atoms with van der Waals surface area (Å²) in [5.41, 5.74) is 6.94. The molecular formula is C23H22N2O. The molecule has 4 aromatic rings. The van der Waals surface area contributed by atoms with Gasteiger partial charge in [0.15, 0.2) is 0 Å². The fourth-order valence-electron chi connectivity index (χ4n) is 4.35. The number of benzene rings is 3. The molecule has 0 amide bonds. The summed E-state index contributed by atoms with van der Waals surface area (Å²) in [4.78, 5) is 4.87. The van der Waals surface area contributed by atoms with Gasteiger partial charge in [0.05, 0.1) is 11.4 Å². The molecule has 1 aliphatic heterocycles. The molecule has 3 aromatic carbocycles. The Bertz CT molecular complexity index is 1130.